The van der Waals surface area contributed by atoms with Crippen molar-refractivity contribution in [2.45, 2.75) is 127 Å². The Labute approximate surface area is 362 Å². The van der Waals surface area contributed by atoms with Crippen LogP contribution in [0.4, 0.5) is 17.1 Å². The summed E-state index contributed by atoms with van der Waals surface area (Å²) in [4.78, 5) is 2.70. The molecule has 4 saturated carbocycles. The number of rotatable bonds is 3. The van der Waals surface area contributed by atoms with E-state index in [-0.39, 0.29) is 17.7 Å². The highest BCUT2D eigenvalue weighted by Crippen LogP contribution is 2.58. The molecule has 6 aromatic carbocycles. The summed E-state index contributed by atoms with van der Waals surface area (Å²) < 4.78 is 2.86. The van der Waals surface area contributed by atoms with E-state index < -0.39 is 0 Å². The third-order valence-corrected chi connectivity index (χ3v) is 18.3. The summed E-state index contributed by atoms with van der Waals surface area (Å²) in [5.74, 6) is 1.78. The van der Waals surface area contributed by atoms with Crippen LogP contribution in [0.2, 0.25) is 0 Å². The van der Waals surface area contributed by atoms with Gasteiger partial charge in [0.2, 0.25) is 0 Å². The highest BCUT2D eigenvalue weighted by molar-refractivity contribution is 6.90. The number of hydrogen-bond donors (Lipinski definition) is 0. The van der Waals surface area contributed by atoms with Crippen LogP contribution >= 0.6 is 0 Å². The summed E-state index contributed by atoms with van der Waals surface area (Å²) >= 11 is 0. The molecule has 0 unspecified atom stereocenters. The Bertz CT molecular complexity index is 3010. The fraction of sp³-hybridized carbons (Fsp3) is 0.379. The van der Waals surface area contributed by atoms with Crippen LogP contribution in [0.15, 0.2) is 109 Å². The fourth-order valence-corrected chi connectivity index (χ4v) is 15.5. The molecule has 0 atom stereocenters. The van der Waals surface area contributed by atoms with Crippen LogP contribution in [0.25, 0.3) is 44.1 Å². The van der Waals surface area contributed by atoms with Gasteiger partial charge in [-0.1, -0.05) is 132 Å². The van der Waals surface area contributed by atoms with Gasteiger partial charge in [0.25, 0.3) is 0 Å². The smallest absolute Gasteiger partial charge is 0.333 e. The Morgan fingerprint density at radius 1 is 0.574 bits per heavy atom. The lowest BCUT2D eigenvalue weighted by Gasteiger charge is -2.48. The predicted molar refractivity (Wildman–Crippen MR) is 257 cm³/mol. The molecule has 1 aromatic heterocycles. The number of nitrogens with zero attached hydrogens (tertiary/aromatic N) is 2. The topological polar surface area (TPSA) is 8.17 Å². The van der Waals surface area contributed by atoms with Crippen molar-refractivity contribution in [1.29, 1.82) is 0 Å². The molecule has 7 aliphatic rings. The van der Waals surface area contributed by atoms with Crippen LogP contribution in [0.1, 0.15) is 132 Å². The van der Waals surface area contributed by atoms with Gasteiger partial charge in [0.15, 0.2) is 0 Å². The summed E-state index contributed by atoms with van der Waals surface area (Å²) in [7, 11) is 0. The summed E-state index contributed by atoms with van der Waals surface area (Å²) in [5.41, 5.74) is 23.4. The van der Waals surface area contributed by atoms with E-state index in [0.29, 0.717) is 5.41 Å². The lowest BCUT2D eigenvalue weighted by atomic mass is 9.44. The summed E-state index contributed by atoms with van der Waals surface area (Å²) in [6.45, 7) is 7.28. The van der Waals surface area contributed by atoms with Crippen molar-refractivity contribution >= 4 is 56.6 Å². The molecule has 0 amide bonds. The molecule has 61 heavy (non-hydrogen) atoms. The predicted octanol–water partition coefficient (Wildman–Crippen LogP) is 14.1. The third kappa shape index (κ3) is 4.66. The van der Waals surface area contributed by atoms with E-state index >= 15 is 0 Å². The van der Waals surface area contributed by atoms with Crippen molar-refractivity contribution in [1.82, 2.24) is 4.48 Å². The second kappa shape index (κ2) is 12.3. The average molecular weight is 793 g/mol. The molecule has 3 heteroatoms. The summed E-state index contributed by atoms with van der Waals surface area (Å²) in [6, 6.07) is 44.3. The Balaban J connectivity index is 1.13. The second-order valence-corrected chi connectivity index (χ2v) is 21.7. The minimum atomic E-state index is -0.134. The number of aromatic nitrogens is 1. The first-order valence-corrected chi connectivity index (χ1v) is 24.2. The van der Waals surface area contributed by atoms with Gasteiger partial charge in [-0.05, 0) is 166 Å². The second-order valence-electron chi connectivity index (χ2n) is 21.7. The highest BCUT2D eigenvalue weighted by atomic mass is 15.2. The van der Waals surface area contributed by atoms with Gasteiger partial charge >= 0.3 is 6.85 Å². The Hall–Kier alpha value is -5.02. The Kier molecular flexibility index (Phi) is 7.19. The van der Waals surface area contributed by atoms with E-state index in [0.717, 1.165) is 11.8 Å². The van der Waals surface area contributed by atoms with Gasteiger partial charge in [-0.25, -0.2) is 0 Å². The molecule has 4 bridgehead atoms. The number of benzene rings is 6. The zero-order valence-electron chi connectivity index (χ0n) is 36.4. The van der Waals surface area contributed by atoms with Gasteiger partial charge < -0.3 is 9.38 Å². The summed E-state index contributed by atoms with van der Waals surface area (Å²) in [5, 5.41) is 3.01. The molecule has 0 saturated heterocycles. The monoisotopic (exact) mass is 792 g/mol. The van der Waals surface area contributed by atoms with Crippen molar-refractivity contribution in [2.24, 2.45) is 11.8 Å². The quantitative estimate of drug-likeness (QED) is 0.162. The SMILES string of the molecule is Cc1ccccc1-c1cc2c3c(c1)N1c4ccccc4C(C)(C)c4cccc(c41)B3n1c3ccc(C45CCCC(CCC4)C5)cc3c3cc(C45CCCC(CCC4)C5)cc-2c31. The number of anilines is 3. The molecule has 0 N–H and O–H groups in total. The molecule has 2 nitrogen and oxygen atoms in total. The van der Waals surface area contributed by atoms with Gasteiger partial charge in [-0.2, -0.15) is 0 Å². The molecule has 4 heterocycles. The lowest BCUT2D eigenvalue weighted by molar-refractivity contribution is 0.149. The number of para-hydroxylation sites is 2. The summed E-state index contributed by atoms with van der Waals surface area (Å²) in [6.07, 6.45) is 19.4. The van der Waals surface area contributed by atoms with Crippen LogP contribution in [0.3, 0.4) is 0 Å². The third-order valence-electron chi connectivity index (χ3n) is 18.3. The van der Waals surface area contributed by atoms with Crippen molar-refractivity contribution in [3.8, 4) is 22.3 Å². The Morgan fingerprint density at radius 3 is 2.00 bits per heavy atom. The van der Waals surface area contributed by atoms with E-state index in [1.54, 1.807) is 11.1 Å². The van der Waals surface area contributed by atoms with Crippen LogP contribution in [0.5, 0.6) is 0 Å². The maximum absolute atomic E-state index is 2.86. The molecular formula is C58H57BN2. The minimum Gasteiger partial charge on any atom is -0.375 e. The normalized spacial score (nSPS) is 26.2. The van der Waals surface area contributed by atoms with Crippen molar-refractivity contribution in [2.75, 3.05) is 4.90 Å². The van der Waals surface area contributed by atoms with Crippen LogP contribution in [-0.2, 0) is 16.2 Å². The van der Waals surface area contributed by atoms with Gasteiger partial charge in [0, 0.05) is 44.2 Å². The van der Waals surface area contributed by atoms with E-state index in [1.807, 2.05) is 0 Å². The van der Waals surface area contributed by atoms with E-state index in [1.165, 1.54) is 179 Å². The lowest BCUT2D eigenvalue weighted by Crippen LogP contribution is -2.58. The first kappa shape index (κ1) is 35.6. The molecule has 14 rings (SSSR count). The molecule has 4 aliphatic carbocycles. The molecule has 4 fully saturated rings. The van der Waals surface area contributed by atoms with Gasteiger partial charge in [0.05, 0.1) is 5.69 Å². The number of aryl methyl sites for hydroxylation is 1. The van der Waals surface area contributed by atoms with E-state index in [2.05, 4.69) is 139 Å². The molecule has 3 aliphatic heterocycles. The number of fused-ring (bicyclic) bond motifs is 13. The van der Waals surface area contributed by atoms with Crippen LogP contribution in [0, 0.1) is 18.8 Å². The maximum atomic E-state index is 2.86. The van der Waals surface area contributed by atoms with Gasteiger partial charge in [-0.15, -0.1) is 0 Å². The number of hydrogen-bond acceptors (Lipinski definition) is 1. The molecule has 0 radical (unpaired) electrons. The first-order valence-electron chi connectivity index (χ1n) is 24.2. The maximum Gasteiger partial charge on any atom is 0.333 e. The fourth-order valence-electron chi connectivity index (χ4n) is 15.5. The van der Waals surface area contributed by atoms with Crippen molar-refractivity contribution in [3.05, 3.63) is 137 Å². The molecule has 302 valence electrons. The van der Waals surface area contributed by atoms with Gasteiger partial charge in [0.1, 0.15) is 0 Å². The standard InChI is InChI=1S/C58H57BN2/c1-36-13-4-5-18-42(36)39-29-44-46-33-41(58-27-11-16-38(35-58)17-12-28-58)32-45-43-31-40(57-25-9-14-37(34-57)15-10-26-57)23-24-50(43)61(54(45)46)59-49-21-8-20-48-55(49)60(52(30-39)53(44)59)51-22-7-6-19-47(51)56(48,2)3/h4-8,13,18-24,29-33,37-38H,9-12,14-17,25-28,34-35H2,1-3H3. The highest BCUT2D eigenvalue weighted by Gasteiger charge is 2.49. The van der Waals surface area contributed by atoms with Crippen LogP contribution < -0.4 is 15.8 Å². The average Bonchev–Trinajstić information content (AvgIpc) is 3.61. The largest absolute Gasteiger partial charge is 0.375 e. The molecule has 7 aromatic rings. The zero-order valence-corrected chi connectivity index (χ0v) is 36.4. The molecular weight excluding hydrogens is 735 g/mol. The van der Waals surface area contributed by atoms with Crippen LogP contribution in [-0.4, -0.2) is 11.3 Å². The van der Waals surface area contributed by atoms with Crippen molar-refractivity contribution < 1.29 is 0 Å². The van der Waals surface area contributed by atoms with E-state index in [4.69, 9.17) is 0 Å². The Morgan fingerprint density at radius 2 is 1.25 bits per heavy atom. The zero-order chi connectivity index (χ0) is 40.4. The van der Waals surface area contributed by atoms with Gasteiger partial charge in [-0.3, -0.25) is 0 Å². The minimum absolute atomic E-state index is 0.0752. The molecule has 0 spiro atoms. The van der Waals surface area contributed by atoms with E-state index in [9.17, 15) is 0 Å². The first-order chi connectivity index (χ1) is 29.8. The van der Waals surface area contributed by atoms with Crippen molar-refractivity contribution in [3.63, 3.8) is 0 Å².